The van der Waals surface area contributed by atoms with Gasteiger partial charge in [-0.15, -0.1) is 0 Å². The van der Waals surface area contributed by atoms with Gasteiger partial charge in [-0.2, -0.15) is 4.98 Å². The SMILES string of the molecule is CCCCCCCCC(=O)O.Cc1cc2nc3c(=O)[nH]c(=O)nc-3n(C[C@H](O)[C@H](O)[C@H](O)CO)c2cc1C. The van der Waals surface area contributed by atoms with E-state index in [4.69, 9.17) is 10.2 Å². The van der Waals surface area contributed by atoms with Crippen LogP contribution in [0.15, 0.2) is 21.7 Å². The number of hydrogen-bond donors (Lipinski definition) is 6. The van der Waals surface area contributed by atoms with Crippen LogP contribution in [0, 0.1) is 13.8 Å². The first-order valence-electron chi connectivity index (χ1n) is 12.8. The van der Waals surface area contributed by atoms with Crippen molar-refractivity contribution in [3.05, 3.63) is 44.1 Å². The highest BCUT2D eigenvalue weighted by molar-refractivity contribution is 5.81. The van der Waals surface area contributed by atoms with Crippen LogP contribution in [0.1, 0.15) is 63.0 Å². The number of aryl methyl sites for hydroxylation is 2. The van der Waals surface area contributed by atoms with E-state index in [0.717, 1.165) is 24.0 Å². The number of H-pyrrole nitrogens is 1. The molecule has 0 fully saturated rings. The number of unbranched alkanes of at least 4 members (excludes halogenated alkanes) is 5. The second-order valence-electron chi connectivity index (χ2n) is 9.41. The van der Waals surface area contributed by atoms with Gasteiger partial charge < -0.3 is 30.1 Å². The third-order valence-corrected chi connectivity index (χ3v) is 6.31. The van der Waals surface area contributed by atoms with E-state index in [1.54, 1.807) is 12.1 Å². The summed E-state index contributed by atoms with van der Waals surface area (Å²) in [6.07, 6.45) is 2.57. The lowest BCUT2D eigenvalue weighted by Crippen LogP contribution is -2.42. The first-order chi connectivity index (χ1) is 18.0. The second-order valence-corrected chi connectivity index (χ2v) is 9.41. The zero-order chi connectivity index (χ0) is 28.4. The minimum Gasteiger partial charge on any atom is -0.481 e. The molecular formula is C26H38N4O8. The number of fused-ring (bicyclic) bond motifs is 2. The Morgan fingerprint density at radius 1 is 0.974 bits per heavy atom. The Bertz CT molecular complexity index is 1290. The van der Waals surface area contributed by atoms with Gasteiger partial charge >= 0.3 is 11.7 Å². The lowest BCUT2D eigenvalue weighted by atomic mass is 10.1. The molecule has 12 nitrogen and oxygen atoms in total. The molecular weight excluding hydrogens is 496 g/mol. The first-order valence-corrected chi connectivity index (χ1v) is 12.8. The second kappa shape index (κ2) is 14.7. The van der Waals surface area contributed by atoms with Crippen LogP contribution >= 0.6 is 0 Å². The van der Waals surface area contributed by atoms with Gasteiger partial charge in [-0.25, -0.2) is 9.78 Å². The molecule has 0 amide bonds. The number of rotatable bonds is 12. The Morgan fingerprint density at radius 3 is 2.24 bits per heavy atom. The van der Waals surface area contributed by atoms with Gasteiger partial charge in [0.15, 0.2) is 11.5 Å². The Hall–Kier alpha value is -3.19. The highest BCUT2D eigenvalue weighted by Gasteiger charge is 2.27. The third kappa shape index (κ3) is 8.42. The molecule has 38 heavy (non-hydrogen) atoms. The predicted octanol–water partition coefficient (Wildman–Crippen LogP) is 1.10. The summed E-state index contributed by atoms with van der Waals surface area (Å²) in [7, 11) is 0. The summed E-state index contributed by atoms with van der Waals surface area (Å²) < 4.78 is 1.40. The number of aliphatic hydroxyl groups excluding tert-OH is 4. The topological polar surface area (TPSA) is 199 Å². The number of nitrogens with one attached hydrogen (secondary N) is 1. The molecule has 6 N–H and O–H groups in total. The van der Waals surface area contributed by atoms with Gasteiger partial charge in [0.2, 0.25) is 0 Å². The van der Waals surface area contributed by atoms with Crippen LogP contribution in [0.4, 0.5) is 0 Å². The van der Waals surface area contributed by atoms with Crippen LogP contribution in [0.5, 0.6) is 0 Å². The summed E-state index contributed by atoms with van der Waals surface area (Å²) in [6.45, 7) is 4.91. The number of carbonyl (C=O) groups is 1. The molecule has 0 saturated carbocycles. The normalized spacial score (nSPS) is 13.7. The molecule has 210 valence electrons. The summed E-state index contributed by atoms with van der Waals surface area (Å²) in [5, 5.41) is 47.1. The molecule has 3 atom stereocenters. The number of nitrogens with zero attached hydrogens (tertiary/aromatic N) is 3. The Morgan fingerprint density at radius 2 is 1.61 bits per heavy atom. The van der Waals surface area contributed by atoms with Crippen LogP contribution in [0.2, 0.25) is 0 Å². The fourth-order valence-corrected chi connectivity index (χ4v) is 3.95. The Kier molecular flexibility index (Phi) is 12.0. The van der Waals surface area contributed by atoms with Crippen molar-refractivity contribution in [1.29, 1.82) is 0 Å². The van der Waals surface area contributed by atoms with Gasteiger partial charge in [0, 0.05) is 6.42 Å². The summed E-state index contributed by atoms with van der Waals surface area (Å²) in [6, 6.07) is 3.53. The van der Waals surface area contributed by atoms with E-state index in [1.807, 2.05) is 13.8 Å². The van der Waals surface area contributed by atoms with Gasteiger partial charge in [-0.1, -0.05) is 39.0 Å². The van der Waals surface area contributed by atoms with E-state index in [1.165, 1.54) is 30.3 Å². The molecule has 0 bridgehead atoms. The fourth-order valence-electron chi connectivity index (χ4n) is 3.95. The van der Waals surface area contributed by atoms with Crippen molar-refractivity contribution in [3.63, 3.8) is 0 Å². The quantitative estimate of drug-likeness (QED) is 0.144. The zero-order valence-corrected chi connectivity index (χ0v) is 22.1. The average molecular weight is 535 g/mol. The molecule has 0 aromatic heterocycles. The highest BCUT2D eigenvalue weighted by atomic mass is 16.4. The molecule has 0 radical (unpaired) electrons. The predicted molar refractivity (Wildman–Crippen MR) is 141 cm³/mol. The monoisotopic (exact) mass is 534 g/mol. The smallest absolute Gasteiger partial charge is 0.349 e. The number of aromatic amines is 1. The number of aromatic nitrogens is 4. The maximum absolute atomic E-state index is 12.2. The lowest BCUT2D eigenvalue weighted by molar-refractivity contribution is -0.137. The summed E-state index contributed by atoms with van der Waals surface area (Å²) in [4.78, 5) is 44.1. The molecule has 0 aliphatic carbocycles. The molecule has 1 aromatic rings. The number of carboxylic acid groups (broad SMARTS) is 1. The van der Waals surface area contributed by atoms with Crippen molar-refractivity contribution in [2.75, 3.05) is 6.61 Å². The maximum atomic E-state index is 12.2. The summed E-state index contributed by atoms with van der Waals surface area (Å²) in [5.74, 6) is -0.718. The van der Waals surface area contributed by atoms with Gasteiger partial charge in [0.05, 0.1) is 24.2 Å². The average Bonchev–Trinajstić information content (AvgIpc) is 2.87. The first kappa shape index (κ1) is 31.0. The van der Waals surface area contributed by atoms with E-state index in [9.17, 15) is 29.7 Å². The number of hydrogen-bond acceptors (Lipinski definition) is 9. The zero-order valence-electron chi connectivity index (χ0n) is 22.1. The van der Waals surface area contributed by atoms with Crippen molar-refractivity contribution in [1.82, 2.24) is 19.5 Å². The van der Waals surface area contributed by atoms with Gasteiger partial charge in [0.25, 0.3) is 5.56 Å². The highest BCUT2D eigenvalue weighted by Crippen LogP contribution is 2.24. The van der Waals surface area contributed by atoms with Crippen LogP contribution in [-0.4, -0.2) is 75.9 Å². The van der Waals surface area contributed by atoms with Crippen LogP contribution < -0.4 is 11.2 Å². The minimum absolute atomic E-state index is 0.0516. The van der Waals surface area contributed by atoms with E-state index >= 15 is 0 Å². The number of aliphatic hydroxyl groups is 4. The maximum Gasteiger partial charge on any atom is 0.349 e. The summed E-state index contributed by atoms with van der Waals surface area (Å²) in [5.41, 5.74) is 1.11. The standard InChI is InChI=1S/C17H20N4O6.C9H18O2/c1-7-3-9-10(4-8(7)2)21(5-11(23)14(25)12(24)6-22)15-13(18-9)16(26)20-17(27)19-15;1-2-3-4-5-6-7-8-9(10)11/h3-4,11-12,14,22-25H,5-6H2,1-2H3,(H,20,26,27);2-8H2,1H3,(H,10,11)/t11-,12+,14-;/m0./s1. The van der Waals surface area contributed by atoms with Crippen LogP contribution in [-0.2, 0) is 11.3 Å². The van der Waals surface area contributed by atoms with E-state index in [2.05, 4.69) is 21.9 Å². The van der Waals surface area contributed by atoms with Crippen molar-refractivity contribution in [2.45, 2.75) is 90.6 Å². The molecule has 0 saturated heterocycles. The van der Waals surface area contributed by atoms with Crippen LogP contribution in [0.3, 0.4) is 0 Å². The van der Waals surface area contributed by atoms with Gasteiger partial charge in [0.1, 0.15) is 18.3 Å². The largest absolute Gasteiger partial charge is 0.481 e. The third-order valence-electron chi connectivity index (χ3n) is 6.31. The van der Waals surface area contributed by atoms with Crippen molar-refractivity contribution in [2.24, 2.45) is 0 Å². The van der Waals surface area contributed by atoms with Gasteiger partial charge in [-0.3, -0.25) is 14.6 Å². The fraction of sp³-hybridized carbons (Fsp3) is 0.577. The van der Waals surface area contributed by atoms with Gasteiger partial charge in [-0.05, 0) is 43.5 Å². The van der Waals surface area contributed by atoms with Crippen molar-refractivity contribution < 1.29 is 30.3 Å². The molecule has 2 aliphatic rings. The molecule has 2 aliphatic heterocycles. The molecule has 2 heterocycles. The van der Waals surface area contributed by atoms with Crippen molar-refractivity contribution >= 4 is 17.0 Å². The number of carboxylic acids is 1. The van der Waals surface area contributed by atoms with Crippen molar-refractivity contribution in [3.8, 4) is 11.5 Å². The van der Waals surface area contributed by atoms with E-state index in [0.29, 0.717) is 17.5 Å². The molecule has 0 unspecified atom stereocenters. The molecule has 3 rings (SSSR count). The Balaban J connectivity index is 0.000000391. The lowest BCUT2D eigenvalue weighted by Gasteiger charge is -2.25. The van der Waals surface area contributed by atoms with Crippen LogP contribution in [0.25, 0.3) is 22.6 Å². The summed E-state index contributed by atoms with van der Waals surface area (Å²) >= 11 is 0. The van der Waals surface area contributed by atoms with E-state index in [-0.39, 0.29) is 18.1 Å². The van der Waals surface area contributed by atoms with E-state index < -0.39 is 42.1 Å². The number of benzene rings is 1. The minimum atomic E-state index is -1.64. The molecule has 0 spiro atoms. The molecule has 1 aromatic carbocycles. The Labute approximate surface area is 220 Å². The molecule has 12 heteroatoms. The number of aliphatic carboxylic acids is 1.